The van der Waals surface area contributed by atoms with E-state index in [1.807, 2.05) is 0 Å². The molecule has 5 aromatic rings. The first kappa shape index (κ1) is 28.8. The second-order valence-corrected chi connectivity index (χ2v) is 12.7. The summed E-state index contributed by atoms with van der Waals surface area (Å²) in [4.78, 5) is 15.4. The summed E-state index contributed by atoms with van der Waals surface area (Å²) in [5.41, 5.74) is 2.55. The monoisotopic (exact) mass is 624 g/mol. The number of benzene rings is 3. The summed E-state index contributed by atoms with van der Waals surface area (Å²) < 4.78 is 69.4. The van der Waals surface area contributed by atoms with Gasteiger partial charge in [0.05, 0.1) is 16.3 Å². The Morgan fingerprint density at radius 1 is 1.02 bits per heavy atom. The van der Waals surface area contributed by atoms with Crippen LogP contribution >= 0.6 is 11.3 Å². The van der Waals surface area contributed by atoms with E-state index in [9.17, 15) is 22.7 Å². The first-order chi connectivity index (χ1) is 20.5. The van der Waals surface area contributed by atoms with Gasteiger partial charge in [-0.15, -0.1) is 11.3 Å². The number of aromatic carboxylic acids is 1. The maximum atomic E-state index is 15.3. The molecule has 13 heteroatoms. The van der Waals surface area contributed by atoms with Crippen molar-refractivity contribution in [2.24, 2.45) is 11.1 Å². The lowest BCUT2D eigenvalue weighted by Gasteiger charge is -2.11. The number of aromatic nitrogens is 3. The lowest BCUT2D eigenvalue weighted by Crippen LogP contribution is -2.13. The van der Waals surface area contributed by atoms with Crippen molar-refractivity contribution < 1.29 is 31.5 Å². The van der Waals surface area contributed by atoms with E-state index in [0.29, 0.717) is 40.4 Å². The van der Waals surface area contributed by atoms with Crippen LogP contribution < -0.4 is 5.14 Å². The van der Waals surface area contributed by atoms with Crippen molar-refractivity contribution in [2.45, 2.75) is 30.6 Å². The highest BCUT2D eigenvalue weighted by Crippen LogP contribution is 2.39. The molecular weight excluding hydrogens is 601 g/mol. The number of nitrogens with two attached hydrogens (primary N) is 1. The Morgan fingerprint density at radius 3 is 2.47 bits per heavy atom. The fourth-order valence-electron chi connectivity index (χ4n) is 4.91. The van der Waals surface area contributed by atoms with Crippen LogP contribution in [0.25, 0.3) is 27.5 Å². The minimum Gasteiger partial charge on any atom is -0.476 e. The van der Waals surface area contributed by atoms with Crippen LogP contribution in [0.5, 0.6) is 0 Å². The minimum atomic E-state index is -4.13. The highest BCUT2D eigenvalue weighted by molar-refractivity contribution is 7.89. The van der Waals surface area contributed by atoms with Crippen LogP contribution in [0.4, 0.5) is 13.2 Å². The van der Waals surface area contributed by atoms with Gasteiger partial charge in [0.1, 0.15) is 17.5 Å². The normalized spacial score (nSPS) is 13.4. The Balaban J connectivity index is 1.55. The van der Waals surface area contributed by atoms with Gasteiger partial charge >= 0.3 is 5.97 Å². The number of carbonyl (C=O) groups is 1. The summed E-state index contributed by atoms with van der Waals surface area (Å²) in [5.74, 6) is -2.77. The van der Waals surface area contributed by atoms with Gasteiger partial charge in [-0.05, 0) is 78.8 Å². The summed E-state index contributed by atoms with van der Waals surface area (Å²) in [6.45, 7) is 0. The van der Waals surface area contributed by atoms with Crippen LogP contribution in [-0.4, -0.2) is 34.3 Å². The molecule has 0 unspecified atom stereocenters. The second-order valence-electron chi connectivity index (χ2n) is 10.3. The van der Waals surface area contributed by atoms with Crippen LogP contribution in [0.3, 0.4) is 0 Å². The molecule has 1 saturated carbocycles. The lowest BCUT2D eigenvalue weighted by molar-refractivity contribution is 0.0691. The number of carboxylic acids is 1. The smallest absolute Gasteiger partial charge is 0.355 e. The Labute approximate surface area is 248 Å². The third-order valence-corrected chi connectivity index (χ3v) is 8.98. The Hall–Kier alpha value is -4.33. The fraction of sp³-hybridized carbons (Fsp3) is 0.167. The van der Waals surface area contributed by atoms with E-state index < -0.39 is 33.4 Å². The SMILES string of the molecule is NS(=O)(=O)c1ccc(Cc2c(-c3ccc(F)c(-c4cccc(F)c4)c3)nn(-c3nc(C(=O)O)cs3)c2CC2CC2)c(F)c1. The summed E-state index contributed by atoms with van der Waals surface area (Å²) in [7, 11) is -4.13. The molecule has 1 fully saturated rings. The maximum absolute atomic E-state index is 15.3. The lowest BCUT2D eigenvalue weighted by atomic mass is 9.94. The average Bonchev–Trinajstić information content (AvgIpc) is 3.51. The van der Waals surface area contributed by atoms with Gasteiger partial charge in [-0.2, -0.15) is 5.10 Å². The van der Waals surface area contributed by atoms with Gasteiger partial charge in [-0.3, -0.25) is 0 Å². The number of thiazole rings is 1. The standard InChI is InChI=1S/C30H23F3N4O4S2/c31-20-3-1-2-17(11-20)22-13-19(7-9-24(22)32)28-23(12-18-6-8-21(14-25(18)33)43(34,40)41)27(10-16-4-5-16)37(36-28)30-35-26(15-42-30)29(38)39/h1-3,6-9,11,13-16H,4-5,10,12H2,(H,38,39)(H2,34,40,41). The van der Waals surface area contributed by atoms with Crippen LogP contribution in [0.1, 0.15) is 40.2 Å². The van der Waals surface area contributed by atoms with E-state index in [-0.39, 0.29) is 33.3 Å². The molecule has 3 aromatic carbocycles. The number of hydrogen-bond donors (Lipinski definition) is 2. The van der Waals surface area contributed by atoms with Gasteiger partial charge in [0.25, 0.3) is 0 Å². The highest BCUT2D eigenvalue weighted by Gasteiger charge is 2.30. The number of hydrogen-bond acceptors (Lipinski definition) is 6. The molecule has 8 nitrogen and oxygen atoms in total. The Kier molecular flexibility index (Phi) is 7.40. The highest BCUT2D eigenvalue weighted by atomic mass is 32.2. The molecule has 0 spiro atoms. The average molecular weight is 625 g/mol. The first-order valence-electron chi connectivity index (χ1n) is 13.1. The van der Waals surface area contributed by atoms with Gasteiger partial charge < -0.3 is 5.11 Å². The predicted octanol–water partition coefficient (Wildman–Crippen LogP) is 5.97. The van der Waals surface area contributed by atoms with Gasteiger partial charge in [0.2, 0.25) is 15.2 Å². The molecule has 2 aromatic heterocycles. The molecule has 0 atom stereocenters. The minimum absolute atomic E-state index is 0.0159. The largest absolute Gasteiger partial charge is 0.476 e. The van der Waals surface area contributed by atoms with E-state index in [0.717, 1.165) is 30.2 Å². The van der Waals surface area contributed by atoms with E-state index in [1.54, 1.807) is 10.7 Å². The van der Waals surface area contributed by atoms with Crippen molar-refractivity contribution in [2.75, 3.05) is 0 Å². The van der Waals surface area contributed by atoms with Crippen molar-refractivity contribution in [1.29, 1.82) is 0 Å². The van der Waals surface area contributed by atoms with Gasteiger partial charge in [0, 0.05) is 28.5 Å². The Bertz CT molecular complexity index is 2000. The van der Waals surface area contributed by atoms with Gasteiger partial charge in [0.15, 0.2) is 5.69 Å². The molecule has 43 heavy (non-hydrogen) atoms. The van der Waals surface area contributed by atoms with Crippen molar-refractivity contribution in [3.05, 3.63) is 106 Å². The van der Waals surface area contributed by atoms with Crippen molar-refractivity contribution >= 4 is 27.3 Å². The van der Waals surface area contributed by atoms with E-state index in [4.69, 9.17) is 10.2 Å². The van der Waals surface area contributed by atoms with Crippen molar-refractivity contribution in [1.82, 2.24) is 14.8 Å². The molecule has 3 N–H and O–H groups in total. The van der Waals surface area contributed by atoms with Gasteiger partial charge in [-0.1, -0.05) is 18.2 Å². The number of carboxylic acid groups (broad SMARTS) is 1. The zero-order chi connectivity index (χ0) is 30.5. The zero-order valence-corrected chi connectivity index (χ0v) is 23.9. The first-order valence-corrected chi connectivity index (χ1v) is 15.6. The predicted molar refractivity (Wildman–Crippen MR) is 154 cm³/mol. The molecule has 0 saturated heterocycles. The molecular formula is C30H23F3N4O4S2. The maximum Gasteiger partial charge on any atom is 0.355 e. The van der Waals surface area contributed by atoms with E-state index >= 15 is 8.78 Å². The van der Waals surface area contributed by atoms with Gasteiger partial charge in [-0.25, -0.2) is 41.2 Å². The molecule has 0 aliphatic heterocycles. The van der Waals surface area contributed by atoms with Crippen molar-refractivity contribution in [3.63, 3.8) is 0 Å². The molecule has 220 valence electrons. The van der Waals surface area contributed by atoms with E-state index in [2.05, 4.69) is 4.98 Å². The summed E-state index contributed by atoms with van der Waals surface area (Å²) in [6.07, 6.45) is 2.46. The van der Waals surface area contributed by atoms with E-state index in [1.165, 1.54) is 53.9 Å². The topological polar surface area (TPSA) is 128 Å². The number of nitrogens with zero attached hydrogens (tertiary/aromatic N) is 3. The Morgan fingerprint density at radius 2 is 1.81 bits per heavy atom. The summed E-state index contributed by atoms with van der Waals surface area (Å²) in [6, 6.07) is 13.2. The molecule has 0 radical (unpaired) electrons. The summed E-state index contributed by atoms with van der Waals surface area (Å²) >= 11 is 1.08. The molecule has 1 aliphatic rings. The second kappa shape index (κ2) is 11.1. The van der Waals surface area contributed by atoms with Crippen molar-refractivity contribution in [3.8, 4) is 27.5 Å². The number of rotatable bonds is 9. The summed E-state index contributed by atoms with van der Waals surface area (Å²) in [5, 5.41) is 21.1. The third-order valence-electron chi connectivity index (χ3n) is 7.26. The molecule has 0 bridgehead atoms. The van der Waals surface area contributed by atoms with Crippen LogP contribution in [0.2, 0.25) is 0 Å². The number of primary sulfonamides is 1. The van der Waals surface area contributed by atoms with Crippen LogP contribution in [0, 0.1) is 23.4 Å². The third kappa shape index (κ3) is 5.96. The molecule has 2 heterocycles. The fourth-order valence-corrected chi connectivity index (χ4v) is 6.21. The number of halogens is 3. The quantitative estimate of drug-likeness (QED) is 0.208. The zero-order valence-electron chi connectivity index (χ0n) is 22.3. The van der Waals surface area contributed by atoms with Crippen LogP contribution in [-0.2, 0) is 22.9 Å². The molecule has 0 amide bonds. The molecule has 6 rings (SSSR count). The number of sulfonamides is 1. The molecule has 1 aliphatic carbocycles. The van der Waals surface area contributed by atoms with Crippen LogP contribution in [0.15, 0.2) is 70.9 Å².